The van der Waals surface area contributed by atoms with Gasteiger partial charge in [-0.25, -0.2) is 0 Å². The Bertz CT molecular complexity index is 544. The number of aliphatic hydroxyl groups excluding tert-OH is 1. The van der Waals surface area contributed by atoms with Crippen LogP contribution in [0.1, 0.15) is 38.9 Å². The normalized spacial score (nSPS) is 16.2. The highest BCUT2D eigenvalue weighted by atomic mass is 16.5. The van der Waals surface area contributed by atoms with Gasteiger partial charge in [0.2, 0.25) is 0 Å². The monoisotopic (exact) mass is 258 g/mol. The van der Waals surface area contributed by atoms with Crippen molar-refractivity contribution in [3.8, 4) is 0 Å². The lowest BCUT2D eigenvalue weighted by molar-refractivity contribution is -0.112. The highest BCUT2D eigenvalue weighted by Gasteiger charge is 2.33. The minimum atomic E-state index is -0.622. The molecule has 0 fully saturated rings. The van der Waals surface area contributed by atoms with Gasteiger partial charge in [-0.1, -0.05) is 49.4 Å². The van der Waals surface area contributed by atoms with Crippen molar-refractivity contribution in [1.29, 1.82) is 0 Å². The zero-order valence-corrected chi connectivity index (χ0v) is 11.9. The number of benzene rings is 2. The molecule has 2 unspecified atom stereocenters. The molecule has 1 N–H and O–H groups in total. The summed E-state index contributed by atoms with van der Waals surface area (Å²) in [6, 6.07) is 14.2. The number of rotatable bonds is 5. The maximum Gasteiger partial charge on any atom is 0.108 e. The van der Waals surface area contributed by atoms with Crippen LogP contribution in [-0.4, -0.2) is 17.3 Å². The number of ether oxygens (including phenoxy) is 1. The Balaban J connectivity index is 2.49. The van der Waals surface area contributed by atoms with Crippen LogP contribution in [0, 0.1) is 0 Å². The van der Waals surface area contributed by atoms with E-state index in [2.05, 4.69) is 18.2 Å². The van der Waals surface area contributed by atoms with Crippen LogP contribution >= 0.6 is 0 Å². The van der Waals surface area contributed by atoms with Crippen LogP contribution in [0.15, 0.2) is 42.5 Å². The van der Waals surface area contributed by atoms with E-state index in [1.807, 2.05) is 45.0 Å². The van der Waals surface area contributed by atoms with Crippen LogP contribution in [0.3, 0.4) is 0 Å². The first-order valence-corrected chi connectivity index (χ1v) is 6.92. The standard InChI is InChI=1S/C17H22O2/c1-4-17(3,19-5-2)16(18)15-12-8-10-13-9-6-7-11-14(13)15/h6-12,16,18H,4-5H2,1-3H3. The number of hydrogen-bond donors (Lipinski definition) is 1. The van der Waals surface area contributed by atoms with E-state index in [9.17, 15) is 5.11 Å². The maximum absolute atomic E-state index is 10.7. The van der Waals surface area contributed by atoms with Crippen LogP contribution in [-0.2, 0) is 4.74 Å². The Hall–Kier alpha value is -1.38. The molecule has 0 aromatic heterocycles. The molecule has 0 radical (unpaired) electrons. The zero-order chi connectivity index (χ0) is 13.9. The predicted octanol–water partition coefficient (Wildman–Crippen LogP) is 4.08. The fourth-order valence-corrected chi connectivity index (χ4v) is 2.52. The number of hydrogen-bond acceptors (Lipinski definition) is 2. The van der Waals surface area contributed by atoms with Gasteiger partial charge in [-0.3, -0.25) is 0 Å². The Morgan fingerprint density at radius 3 is 2.47 bits per heavy atom. The summed E-state index contributed by atoms with van der Waals surface area (Å²) < 4.78 is 5.79. The van der Waals surface area contributed by atoms with Crippen molar-refractivity contribution in [3.05, 3.63) is 48.0 Å². The Morgan fingerprint density at radius 1 is 1.11 bits per heavy atom. The van der Waals surface area contributed by atoms with Gasteiger partial charge in [-0.05, 0) is 36.6 Å². The molecule has 0 saturated heterocycles. The van der Waals surface area contributed by atoms with E-state index in [1.54, 1.807) is 0 Å². The smallest absolute Gasteiger partial charge is 0.108 e. The fourth-order valence-electron chi connectivity index (χ4n) is 2.52. The van der Waals surface area contributed by atoms with Crippen molar-refractivity contribution in [2.45, 2.75) is 38.9 Å². The van der Waals surface area contributed by atoms with E-state index in [0.29, 0.717) is 6.61 Å². The van der Waals surface area contributed by atoms with Crippen molar-refractivity contribution in [2.75, 3.05) is 6.61 Å². The summed E-state index contributed by atoms with van der Waals surface area (Å²) in [6.07, 6.45) is 0.147. The second-order valence-electron chi connectivity index (χ2n) is 5.07. The third-order valence-electron chi connectivity index (χ3n) is 3.87. The largest absolute Gasteiger partial charge is 0.385 e. The Morgan fingerprint density at radius 2 is 1.79 bits per heavy atom. The summed E-state index contributed by atoms with van der Waals surface area (Å²) >= 11 is 0. The second-order valence-corrected chi connectivity index (χ2v) is 5.07. The predicted molar refractivity (Wildman–Crippen MR) is 79.2 cm³/mol. The van der Waals surface area contributed by atoms with E-state index in [1.165, 1.54) is 0 Å². The molecular weight excluding hydrogens is 236 g/mol. The number of fused-ring (bicyclic) bond motifs is 1. The molecule has 2 rings (SSSR count). The summed E-state index contributed by atoms with van der Waals surface area (Å²) in [5.41, 5.74) is 0.398. The molecule has 0 aliphatic heterocycles. The van der Waals surface area contributed by atoms with E-state index >= 15 is 0 Å². The fraction of sp³-hybridized carbons (Fsp3) is 0.412. The molecule has 0 aliphatic carbocycles. The first-order valence-electron chi connectivity index (χ1n) is 6.92. The van der Waals surface area contributed by atoms with Gasteiger partial charge in [0.1, 0.15) is 6.10 Å². The van der Waals surface area contributed by atoms with Crippen molar-refractivity contribution in [3.63, 3.8) is 0 Å². The third kappa shape index (κ3) is 2.65. The molecule has 19 heavy (non-hydrogen) atoms. The lowest BCUT2D eigenvalue weighted by Gasteiger charge is -2.34. The zero-order valence-electron chi connectivity index (χ0n) is 11.9. The SMILES string of the molecule is CCOC(C)(CC)C(O)c1cccc2ccccc12. The van der Waals surface area contributed by atoms with Crippen molar-refractivity contribution in [2.24, 2.45) is 0 Å². The molecule has 2 nitrogen and oxygen atoms in total. The Kier molecular flexibility index (Phi) is 4.23. The topological polar surface area (TPSA) is 29.5 Å². The van der Waals surface area contributed by atoms with Crippen molar-refractivity contribution < 1.29 is 9.84 Å². The molecule has 102 valence electrons. The van der Waals surface area contributed by atoms with Gasteiger partial charge >= 0.3 is 0 Å². The van der Waals surface area contributed by atoms with Crippen molar-refractivity contribution >= 4 is 10.8 Å². The summed E-state index contributed by atoms with van der Waals surface area (Å²) in [6.45, 7) is 6.59. The van der Waals surface area contributed by atoms with Crippen LogP contribution < -0.4 is 0 Å². The van der Waals surface area contributed by atoms with Gasteiger partial charge in [-0.2, -0.15) is 0 Å². The van der Waals surface area contributed by atoms with Crippen LogP contribution in [0.2, 0.25) is 0 Å². The molecule has 2 heteroatoms. The quantitative estimate of drug-likeness (QED) is 0.875. The van der Waals surface area contributed by atoms with E-state index in [4.69, 9.17) is 4.74 Å². The van der Waals surface area contributed by atoms with Gasteiger partial charge in [0.15, 0.2) is 0 Å². The lowest BCUT2D eigenvalue weighted by atomic mass is 9.87. The molecule has 0 spiro atoms. The first-order chi connectivity index (χ1) is 9.12. The molecule has 2 aromatic carbocycles. The highest BCUT2D eigenvalue weighted by molar-refractivity contribution is 5.86. The summed E-state index contributed by atoms with van der Waals surface area (Å²) in [4.78, 5) is 0. The molecular formula is C17H22O2. The van der Waals surface area contributed by atoms with Crippen molar-refractivity contribution in [1.82, 2.24) is 0 Å². The highest BCUT2D eigenvalue weighted by Crippen LogP contribution is 2.35. The van der Waals surface area contributed by atoms with Gasteiger partial charge in [0.25, 0.3) is 0 Å². The molecule has 0 saturated carbocycles. The van der Waals surface area contributed by atoms with Crippen LogP contribution in [0.4, 0.5) is 0 Å². The summed E-state index contributed by atoms with van der Waals surface area (Å²) in [5.74, 6) is 0. The van der Waals surface area contributed by atoms with Gasteiger partial charge in [0.05, 0.1) is 5.60 Å². The molecule has 0 bridgehead atoms. The van der Waals surface area contributed by atoms with Gasteiger partial charge in [0, 0.05) is 6.61 Å². The lowest BCUT2D eigenvalue weighted by Crippen LogP contribution is -2.35. The third-order valence-corrected chi connectivity index (χ3v) is 3.87. The van der Waals surface area contributed by atoms with E-state index in [0.717, 1.165) is 22.8 Å². The molecule has 0 amide bonds. The molecule has 2 aromatic rings. The van der Waals surface area contributed by atoms with Crippen LogP contribution in [0.25, 0.3) is 10.8 Å². The molecule has 2 atom stereocenters. The van der Waals surface area contributed by atoms with Gasteiger partial charge in [-0.15, -0.1) is 0 Å². The van der Waals surface area contributed by atoms with Gasteiger partial charge < -0.3 is 9.84 Å². The summed E-state index contributed by atoms with van der Waals surface area (Å²) in [5, 5.41) is 13.0. The Labute approximate surface area is 115 Å². The van der Waals surface area contributed by atoms with Crippen LogP contribution in [0.5, 0.6) is 0 Å². The maximum atomic E-state index is 10.7. The number of aliphatic hydroxyl groups is 1. The molecule has 0 heterocycles. The molecule has 0 aliphatic rings. The van der Waals surface area contributed by atoms with E-state index < -0.39 is 11.7 Å². The average Bonchev–Trinajstić information content (AvgIpc) is 2.46. The summed E-state index contributed by atoms with van der Waals surface area (Å²) in [7, 11) is 0. The second kappa shape index (κ2) is 5.72. The average molecular weight is 258 g/mol. The van der Waals surface area contributed by atoms with E-state index in [-0.39, 0.29) is 0 Å². The first kappa shape index (κ1) is 14.0. The minimum absolute atomic E-state index is 0.543. The minimum Gasteiger partial charge on any atom is -0.385 e.